The third-order valence-electron chi connectivity index (χ3n) is 3.59. The first-order chi connectivity index (χ1) is 11.5. The van der Waals surface area contributed by atoms with E-state index in [0.717, 1.165) is 15.9 Å². The lowest BCUT2D eigenvalue weighted by Gasteiger charge is -1.99. The maximum absolute atomic E-state index is 12.5. The molecule has 3 rings (SSSR count). The van der Waals surface area contributed by atoms with Gasteiger partial charge in [0.15, 0.2) is 10.5 Å². The van der Waals surface area contributed by atoms with Crippen LogP contribution in [0.4, 0.5) is 0 Å². The van der Waals surface area contributed by atoms with Crippen molar-refractivity contribution in [3.8, 4) is 12.3 Å². The zero-order valence-electron chi connectivity index (χ0n) is 13.3. The summed E-state index contributed by atoms with van der Waals surface area (Å²) in [4.78, 5) is 17.2. The quantitative estimate of drug-likeness (QED) is 0.675. The van der Waals surface area contributed by atoms with Crippen molar-refractivity contribution in [3.63, 3.8) is 0 Å². The molecule has 0 unspecified atom stereocenters. The number of fused-ring (bicyclic) bond motifs is 1. The van der Waals surface area contributed by atoms with Crippen LogP contribution in [0.1, 0.15) is 23.1 Å². The number of terminal acetylenes is 1. The van der Waals surface area contributed by atoms with Gasteiger partial charge in [-0.25, -0.2) is 0 Å². The van der Waals surface area contributed by atoms with Gasteiger partial charge in [-0.1, -0.05) is 28.9 Å². The predicted octanol–water partition coefficient (Wildman–Crippen LogP) is 3.26. The highest BCUT2D eigenvalue weighted by atomic mass is 35.5. The van der Waals surface area contributed by atoms with Crippen molar-refractivity contribution in [2.75, 3.05) is 0 Å². The van der Waals surface area contributed by atoms with Crippen LogP contribution in [0.25, 0.3) is 10.2 Å². The van der Waals surface area contributed by atoms with Crippen LogP contribution in [0.3, 0.4) is 0 Å². The number of halogens is 1. The average molecular weight is 359 g/mol. The summed E-state index contributed by atoms with van der Waals surface area (Å²) >= 11 is 7.42. The molecule has 0 atom stereocenters. The molecule has 0 radical (unpaired) electrons. The van der Waals surface area contributed by atoms with E-state index in [0.29, 0.717) is 28.6 Å². The normalized spacial score (nSPS) is 11.8. The summed E-state index contributed by atoms with van der Waals surface area (Å²) < 4.78 is 4.53. The molecule has 0 N–H and O–H groups in total. The van der Waals surface area contributed by atoms with Crippen molar-refractivity contribution in [1.29, 1.82) is 0 Å². The molecule has 2 aromatic heterocycles. The number of amides is 1. The summed E-state index contributed by atoms with van der Waals surface area (Å²) in [6.07, 6.45) is 5.46. The van der Waals surface area contributed by atoms with Crippen LogP contribution in [-0.2, 0) is 13.1 Å². The number of aromatic nitrogens is 3. The van der Waals surface area contributed by atoms with Crippen LogP contribution in [0.2, 0.25) is 5.02 Å². The number of rotatable bonds is 3. The van der Waals surface area contributed by atoms with E-state index in [1.54, 1.807) is 16.8 Å². The molecule has 0 saturated heterocycles. The van der Waals surface area contributed by atoms with Gasteiger partial charge in [0.05, 0.1) is 16.8 Å². The summed E-state index contributed by atoms with van der Waals surface area (Å²) in [5.41, 5.74) is 2.16. The van der Waals surface area contributed by atoms with E-state index in [9.17, 15) is 4.79 Å². The second-order valence-corrected chi connectivity index (χ2v) is 6.64. The van der Waals surface area contributed by atoms with Gasteiger partial charge in [-0.3, -0.25) is 9.48 Å². The average Bonchev–Trinajstić information content (AvgIpc) is 3.08. The number of benzene rings is 1. The fraction of sp³-hybridized carbons (Fsp3) is 0.235. The number of carbonyl (C=O) groups is 1. The van der Waals surface area contributed by atoms with Crippen LogP contribution in [0.15, 0.2) is 29.3 Å². The lowest BCUT2D eigenvalue weighted by molar-refractivity contribution is 0.0992. The van der Waals surface area contributed by atoms with Gasteiger partial charge in [-0.05, 0) is 38.1 Å². The Labute approximate surface area is 148 Å². The molecule has 122 valence electrons. The van der Waals surface area contributed by atoms with Crippen molar-refractivity contribution in [2.24, 2.45) is 4.99 Å². The van der Waals surface area contributed by atoms with Crippen LogP contribution in [0.5, 0.6) is 0 Å². The second-order valence-electron chi connectivity index (χ2n) is 5.19. The van der Waals surface area contributed by atoms with Crippen LogP contribution < -0.4 is 4.80 Å². The first kappa shape index (κ1) is 16.5. The molecule has 3 aromatic rings. The van der Waals surface area contributed by atoms with Crippen LogP contribution in [-0.4, -0.2) is 20.3 Å². The topological polar surface area (TPSA) is 52.2 Å². The highest BCUT2D eigenvalue weighted by Gasteiger charge is 2.13. The Bertz CT molecular complexity index is 1040. The summed E-state index contributed by atoms with van der Waals surface area (Å²) in [6.45, 7) is 4.92. The van der Waals surface area contributed by atoms with Gasteiger partial charge in [0.1, 0.15) is 0 Å². The van der Waals surface area contributed by atoms with Gasteiger partial charge < -0.3 is 4.57 Å². The summed E-state index contributed by atoms with van der Waals surface area (Å²) in [5.74, 6) is 2.22. The zero-order valence-corrected chi connectivity index (χ0v) is 14.9. The molecule has 0 saturated carbocycles. The Morgan fingerprint density at radius 2 is 2.25 bits per heavy atom. The Balaban J connectivity index is 2.13. The number of thiazole rings is 1. The van der Waals surface area contributed by atoms with E-state index in [1.807, 2.05) is 30.5 Å². The molecule has 0 fully saturated rings. The van der Waals surface area contributed by atoms with Crippen LogP contribution >= 0.6 is 22.9 Å². The summed E-state index contributed by atoms with van der Waals surface area (Å²) in [5, 5.41) is 4.91. The van der Waals surface area contributed by atoms with Crippen molar-refractivity contribution in [2.45, 2.75) is 26.9 Å². The molecule has 0 bridgehead atoms. The highest BCUT2D eigenvalue weighted by Crippen LogP contribution is 2.21. The van der Waals surface area contributed by atoms with E-state index in [1.165, 1.54) is 11.3 Å². The molecule has 0 aliphatic carbocycles. The standard InChI is InChI=1S/C17H15ClN4OS/c1-4-8-21-14-7-6-12(18)10-15(14)24-17(21)19-16(23)13-9-11(3)22(5-2)20-13/h1,6-7,9-10H,5,8H2,2-3H3. The fourth-order valence-corrected chi connectivity index (χ4v) is 3.76. The predicted molar refractivity (Wildman–Crippen MR) is 96.2 cm³/mol. The third kappa shape index (κ3) is 3.01. The molecule has 1 aromatic carbocycles. The second kappa shape index (κ2) is 6.63. The Hall–Kier alpha value is -2.36. The Morgan fingerprint density at radius 3 is 2.92 bits per heavy atom. The molecule has 2 heterocycles. The molecule has 1 amide bonds. The summed E-state index contributed by atoms with van der Waals surface area (Å²) in [6, 6.07) is 7.26. The molecular formula is C17H15ClN4OS. The summed E-state index contributed by atoms with van der Waals surface area (Å²) in [7, 11) is 0. The number of nitrogens with zero attached hydrogens (tertiary/aromatic N) is 4. The van der Waals surface area contributed by atoms with E-state index in [4.69, 9.17) is 18.0 Å². The molecule has 0 aliphatic heterocycles. The molecule has 5 nitrogen and oxygen atoms in total. The van der Waals surface area contributed by atoms with Crippen molar-refractivity contribution >= 4 is 39.1 Å². The number of aryl methyl sites for hydroxylation is 2. The van der Waals surface area contributed by atoms with Crippen molar-refractivity contribution in [3.05, 3.63) is 45.5 Å². The first-order valence-electron chi connectivity index (χ1n) is 7.39. The monoisotopic (exact) mass is 358 g/mol. The molecule has 0 aliphatic rings. The van der Waals surface area contributed by atoms with E-state index in [2.05, 4.69) is 16.0 Å². The fourth-order valence-electron chi connectivity index (χ4n) is 2.46. The SMILES string of the molecule is C#CCn1c(=NC(=O)c2cc(C)n(CC)n2)sc2cc(Cl)ccc21. The maximum Gasteiger partial charge on any atom is 0.300 e. The molecule has 0 spiro atoms. The van der Waals surface area contributed by atoms with Gasteiger partial charge in [0.25, 0.3) is 5.91 Å². The van der Waals surface area contributed by atoms with Crippen molar-refractivity contribution in [1.82, 2.24) is 14.3 Å². The van der Waals surface area contributed by atoms with E-state index >= 15 is 0 Å². The lowest BCUT2D eigenvalue weighted by atomic mass is 10.3. The molecule has 24 heavy (non-hydrogen) atoms. The van der Waals surface area contributed by atoms with Crippen molar-refractivity contribution < 1.29 is 4.79 Å². The zero-order chi connectivity index (χ0) is 17.3. The molecule has 7 heteroatoms. The highest BCUT2D eigenvalue weighted by molar-refractivity contribution is 7.16. The first-order valence-corrected chi connectivity index (χ1v) is 8.58. The third-order valence-corrected chi connectivity index (χ3v) is 4.87. The number of carbonyl (C=O) groups excluding carboxylic acids is 1. The smallest absolute Gasteiger partial charge is 0.300 e. The van der Waals surface area contributed by atoms with Gasteiger partial charge in [-0.2, -0.15) is 10.1 Å². The Morgan fingerprint density at radius 1 is 1.46 bits per heavy atom. The lowest BCUT2D eigenvalue weighted by Crippen LogP contribution is -2.16. The van der Waals surface area contributed by atoms with E-state index < -0.39 is 0 Å². The van der Waals surface area contributed by atoms with E-state index in [-0.39, 0.29) is 5.91 Å². The maximum atomic E-state index is 12.5. The van der Waals surface area contributed by atoms with Gasteiger partial charge >= 0.3 is 0 Å². The minimum absolute atomic E-state index is 0.330. The molecular weight excluding hydrogens is 344 g/mol. The minimum Gasteiger partial charge on any atom is -0.305 e. The van der Waals surface area contributed by atoms with Crippen LogP contribution in [0, 0.1) is 19.3 Å². The van der Waals surface area contributed by atoms with Gasteiger partial charge in [-0.15, -0.1) is 6.42 Å². The minimum atomic E-state index is -0.381. The Kier molecular flexibility index (Phi) is 4.56. The van der Waals surface area contributed by atoms with Gasteiger partial charge in [0, 0.05) is 17.3 Å². The van der Waals surface area contributed by atoms with Gasteiger partial charge in [0.2, 0.25) is 0 Å². The largest absolute Gasteiger partial charge is 0.305 e. The number of hydrogen-bond donors (Lipinski definition) is 0. The number of hydrogen-bond acceptors (Lipinski definition) is 3.